The number of benzene rings is 2. The Balaban J connectivity index is 1.78. The van der Waals surface area contributed by atoms with Crippen molar-refractivity contribution in [1.29, 1.82) is 0 Å². The molecule has 0 saturated heterocycles. The van der Waals surface area contributed by atoms with Crippen LogP contribution >= 0.6 is 0 Å². The fourth-order valence-electron chi connectivity index (χ4n) is 3.39. The van der Waals surface area contributed by atoms with E-state index in [1.165, 1.54) is 24.8 Å². The van der Waals surface area contributed by atoms with Gasteiger partial charge >= 0.3 is 6.36 Å². The van der Waals surface area contributed by atoms with E-state index in [4.69, 9.17) is 0 Å². The molecule has 0 fully saturated rings. The lowest BCUT2D eigenvalue weighted by atomic mass is 9.88. The monoisotopic (exact) mass is 378 g/mol. The quantitative estimate of drug-likeness (QED) is 0.391. The summed E-state index contributed by atoms with van der Waals surface area (Å²) >= 11 is 0. The van der Waals surface area contributed by atoms with Crippen LogP contribution < -0.4 is 4.74 Å². The molecule has 0 amide bonds. The highest BCUT2D eigenvalue weighted by Gasteiger charge is 2.33. The van der Waals surface area contributed by atoms with Gasteiger partial charge in [0.2, 0.25) is 0 Å². The second-order valence-corrected chi connectivity index (χ2v) is 6.85. The first kappa shape index (κ1) is 19.5. The predicted molar refractivity (Wildman–Crippen MR) is 98.9 cm³/mol. The summed E-state index contributed by atoms with van der Waals surface area (Å²) in [6, 6.07) is 10.6. The summed E-state index contributed by atoms with van der Waals surface area (Å²) in [6.07, 6.45) is 2.84. The molecular formula is C22H22F4O. The van der Waals surface area contributed by atoms with Crippen LogP contribution in [0.2, 0.25) is 0 Å². The standard InChI is InChI=1S/C22H22F4O/c1-2-3-4-5-15-6-8-16(9-7-15)17-10-11-18-14-21(27-22(24,25)26)20(23)13-19(18)12-17/h6-9,12-14H,2-5,10-11H2,1H3. The normalized spacial score (nSPS) is 13.9. The molecule has 0 unspecified atom stereocenters. The number of halogens is 4. The third-order valence-corrected chi connectivity index (χ3v) is 4.81. The Morgan fingerprint density at radius 1 is 1.00 bits per heavy atom. The lowest BCUT2D eigenvalue weighted by Crippen LogP contribution is -2.18. The third kappa shape index (κ3) is 5.12. The van der Waals surface area contributed by atoms with E-state index in [-0.39, 0.29) is 0 Å². The summed E-state index contributed by atoms with van der Waals surface area (Å²) in [5, 5.41) is 0. The molecule has 144 valence electrons. The van der Waals surface area contributed by atoms with Crippen molar-refractivity contribution in [1.82, 2.24) is 0 Å². The van der Waals surface area contributed by atoms with E-state index in [1.807, 2.05) is 6.08 Å². The van der Waals surface area contributed by atoms with Gasteiger partial charge in [-0.15, -0.1) is 13.2 Å². The molecule has 3 rings (SSSR count). The fraction of sp³-hybridized carbons (Fsp3) is 0.364. The van der Waals surface area contributed by atoms with E-state index < -0.39 is 17.9 Å². The predicted octanol–water partition coefficient (Wildman–Crippen LogP) is 6.94. The highest BCUT2D eigenvalue weighted by Crippen LogP contribution is 2.35. The molecule has 5 heteroatoms. The second kappa shape index (κ2) is 8.15. The molecule has 0 bridgehead atoms. The van der Waals surface area contributed by atoms with Gasteiger partial charge in [0.1, 0.15) is 0 Å². The zero-order chi connectivity index (χ0) is 19.4. The van der Waals surface area contributed by atoms with Gasteiger partial charge in [0.25, 0.3) is 0 Å². The Kier molecular flexibility index (Phi) is 5.88. The minimum absolute atomic E-state index is 0.550. The molecule has 0 aliphatic heterocycles. The number of rotatable bonds is 6. The van der Waals surface area contributed by atoms with E-state index in [0.29, 0.717) is 24.0 Å². The summed E-state index contributed by atoms with van der Waals surface area (Å²) < 4.78 is 54.9. The molecule has 1 aliphatic rings. The fourth-order valence-corrected chi connectivity index (χ4v) is 3.39. The first-order chi connectivity index (χ1) is 12.9. The highest BCUT2D eigenvalue weighted by atomic mass is 19.4. The van der Waals surface area contributed by atoms with Crippen LogP contribution in [-0.4, -0.2) is 6.36 Å². The maximum absolute atomic E-state index is 14.0. The molecule has 2 aromatic rings. The molecule has 0 spiro atoms. The van der Waals surface area contributed by atoms with Gasteiger partial charge in [0.05, 0.1) is 0 Å². The Bertz CT molecular complexity index is 819. The first-order valence-electron chi connectivity index (χ1n) is 9.24. The van der Waals surface area contributed by atoms with E-state index >= 15 is 0 Å². The molecule has 27 heavy (non-hydrogen) atoms. The molecule has 0 N–H and O–H groups in total. The summed E-state index contributed by atoms with van der Waals surface area (Å²) in [6.45, 7) is 2.18. The molecule has 0 heterocycles. The Morgan fingerprint density at radius 2 is 1.74 bits per heavy atom. The van der Waals surface area contributed by atoms with E-state index in [2.05, 4.69) is 35.9 Å². The van der Waals surface area contributed by atoms with Crippen molar-refractivity contribution in [3.63, 3.8) is 0 Å². The van der Waals surface area contributed by atoms with Crippen molar-refractivity contribution in [2.24, 2.45) is 0 Å². The molecule has 0 saturated carbocycles. The van der Waals surface area contributed by atoms with Crippen LogP contribution in [0.15, 0.2) is 36.4 Å². The molecular weight excluding hydrogens is 356 g/mol. The van der Waals surface area contributed by atoms with Crippen LogP contribution in [0.4, 0.5) is 17.6 Å². The van der Waals surface area contributed by atoms with Gasteiger partial charge in [-0.1, -0.05) is 50.1 Å². The van der Waals surface area contributed by atoms with Crippen LogP contribution in [0.5, 0.6) is 5.75 Å². The second-order valence-electron chi connectivity index (χ2n) is 6.85. The first-order valence-corrected chi connectivity index (χ1v) is 9.24. The van der Waals surface area contributed by atoms with Crippen molar-refractivity contribution < 1.29 is 22.3 Å². The minimum atomic E-state index is -4.90. The van der Waals surface area contributed by atoms with Gasteiger partial charge in [-0.2, -0.15) is 0 Å². The third-order valence-electron chi connectivity index (χ3n) is 4.81. The van der Waals surface area contributed by atoms with Crippen LogP contribution in [0.25, 0.3) is 11.6 Å². The van der Waals surface area contributed by atoms with Crippen LogP contribution in [-0.2, 0) is 12.8 Å². The smallest absolute Gasteiger partial charge is 0.403 e. The maximum Gasteiger partial charge on any atom is 0.573 e. The summed E-state index contributed by atoms with van der Waals surface area (Å²) in [7, 11) is 0. The molecule has 1 aliphatic carbocycles. The number of aryl methyl sites for hydroxylation is 2. The molecule has 0 radical (unpaired) electrons. The van der Waals surface area contributed by atoms with Crippen molar-refractivity contribution in [3.05, 3.63) is 64.5 Å². The number of allylic oxidation sites excluding steroid dienone is 1. The number of hydrogen-bond acceptors (Lipinski definition) is 1. The van der Waals surface area contributed by atoms with Crippen molar-refractivity contribution >= 4 is 11.6 Å². The van der Waals surface area contributed by atoms with E-state index in [1.54, 1.807) is 0 Å². The summed E-state index contributed by atoms with van der Waals surface area (Å²) in [5.74, 6) is -1.77. The Morgan fingerprint density at radius 3 is 2.41 bits per heavy atom. The Labute approximate surface area is 156 Å². The SMILES string of the molecule is CCCCCc1ccc(C2=Cc3cc(F)c(OC(F)(F)F)cc3CC2)cc1. The Hall–Kier alpha value is -2.30. The van der Waals surface area contributed by atoms with Crippen molar-refractivity contribution in [3.8, 4) is 5.75 Å². The zero-order valence-electron chi connectivity index (χ0n) is 15.2. The maximum atomic E-state index is 14.0. The molecule has 0 aromatic heterocycles. The highest BCUT2D eigenvalue weighted by molar-refractivity contribution is 5.84. The van der Waals surface area contributed by atoms with Gasteiger partial charge in [0.15, 0.2) is 11.6 Å². The lowest BCUT2D eigenvalue weighted by Gasteiger charge is -2.19. The van der Waals surface area contributed by atoms with Crippen molar-refractivity contribution in [2.45, 2.75) is 51.8 Å². The lowest BCUT2D eigenvalue weighted by molar-refractivity contribution is -0.275. The average Bonchev–Trinajstić information content (AvgIpc) is 2.62. The topological polar surface area (TPSA) is 9.23 Å². The zero-order valence-corrected chi connectivity index (χ0v) is 15.2. The summed E-state index contributed by atoms with van der Waals surface area (Å²) in [5.41, 5.74) is 4.69. The minimum Gasteiger partial charge on any atom is -0.403 e. The van der Waals surface area contributed by atoms with Crippen LogP contribution in [0.3, 0.4) is 0 Å². The largest absolute Gasteiger partial charge is 0.573 e. The van der Waals surface area contributed by atoms with E-state index in [9.17, 15) is 17.6 Å². The molecule has 0 atom stereocenters. The number of alkyl halides is 3. The molecule has 2 aromatic carbocycles. The number of hydrogen-bond donors (Lipinski definition) is 0. The van der Waals surface area contributed by atoms with Crippen molar-refractivity contribution in [2.75, 3.05) is 0 Å². The summed E-state index contributed by atoms with van der Waals surface area (Å²) in [4.78, 5) is 0. The van der Waals surface area contributed by atoms with E-state index in [0.717, 1.165) is 29.7 Å². The number of ether oxygens (including phenoxy) is 1. The van der Waals surface area contributed by atoms with Gasteiger partial charge in [-0.25, -0.2) is 4.39 Å². The van der Waals surface area contributed by atoms with Gasteiger partial charge in [-0.05, 0) is 65.6 Å². The van der Waals surface area contributed by atoms with Gasteiger partial charge in [-0.3, -0.25) is 0 Å². The average molecular weight is 378 g/mol. The number of unbranched alkanes of at least 4 members (excludes halogenated alkanes) is 2. The van der Waals surface area contributed by atoms with Crippen LogP contribution in [0.1, 0.15) is 54.9 Å². The van der Waals surface area contributed by atoms with Gasteiger partial charge < -0.3 is 4.74 Å². The number of fused-ring (bicyclic) bond motifs is 1. The van der Waals surface area contributed by atoms with Crippen LogP contribution in [0, 0.1) is 5.82 Å². The van der Waals surface area contributed by atoms with Gasteiger partial charge in [0, 0.05) is 0 Å². The molecule has 1 nitrogen and oxygen atoms in total.